The molecule has 0 amide bonds. The third-order valence-corrected chi connectivity index (χ3v) is 5.29. The van der Waals surface area contributed by atoms with Gasteiger partial charge in [0.25, 0.3) is 0 Å². The summed E-state index contributed by atoms with van der Waals surface area (Å²) in [5.41, 5.74) is 3.53. The molecule has 0 aliphatic carbocycles. The highest BCUT2D eigenvalue weighted by Gasteiger charge is 2.16. The van der Waals surface area contributed by atoms with Gasteiger partial charge in [0.2, 0.25) is 0 Å². The van der Waals surface area contributed by atoms with Crippen molar-refractivity contribution in [2.75, 3.05) is 0 Å². The van der Waals surface area contributed by atoms with Crippen LogP contribution in [0.4, 0.5) is 0 Å². The molecule has 0 bridgehead atoms. The van der Waals surface area contributed by atoms with Crippen LogP contribution >= 0.6 is 0 Å². The van der Waals surface area contributed by atoms with E-state index in [0.717, 1.165) is 73.6 Å². The zero-order chi connectivity index (χ0) is 20.5. The second kappa shape index (κ2) is 10.8. The van der Waals surface area contributed by atoms with Crippen LogP contribution < -0.4 is 0 Å². The van der Waals surface area contributed by atoms with E-state index in [-0.39, 0.29) is 23.0 Å². The standard InChI is InChI=1S/C24H34O4/c1-3-5-7-9-11-17-13-21(25)23(27)15-19(17)20-16-24(28)22(26)14-18(20)12-10-8-6-4-2/h13-16,25-28H,3-12H2,1-2H3. The summed E-state index contributed by atoms with van der Waals surface area (Å²) in [5, 5.41) is 40.2. The number of phenolic OH excluding ortho intramolecular Hbond substituents is 4. The zero-order valence-electron chi connectivity index (χ0n) is 17.2. The largest absolute Gasteiger partial charge is 0.504 e. The maximum atomic E-state index is 10.1. The molecule has 2 rings (SSSR count). The SMILES string of the molecule is CCCCCCc1cc(O)c(O)cc1-c1cc(O)c(O)cc1CCCCCC. The highest BCUT2D eigenvalue weighted by Crippen LogP contribution is 2.40. The fraction of sp³-hybridized carbons (Fsp3) is 0.500. The summed E-state index contributed by atoms with van der Waals surface area (Å²) < 4.78 is 0. The lowest BCUT2D eigenvalue weighted by atomic mass is 9.90. The summed E-state index contributed by atoms with van der Waals surface area (Å²) in [6.07, 6.45) is 10.5. The molecule has 4 nitrogen and oxygen atoms in total. The first-order valence-electron chi connectivity index (χ1n) is 10.6. The molecule has 2 aromatic carbocycles. The Morgan fingerprint density at radius 3 is 1.21 bits per heavy atom. The van der Waals surface area contributed by atoms with Crippen molar-refractivity contribution in [1.82, 2.24) is 0 Å². The summed E-state index contributed by atoms with van der Waals surface area (Å²) in [7, 11) is 0. The van der Waals surface area contributed by atoms with E-state index in [4.69, 9.17) is 0 Å². The number of hydrogen-bond acceptors (Lipinski definition) is 4. The molecule has 154 valence electrons. The van der Waals surface area contributed by atoms with Crippen molar-refractivity contribution in [3.8, 4) is 34.1 Å². The Kier molecular flexibility index (Phi) is 8.49. The number of aryl methyl sites for hydroxylation is 2. The molecule has 0 unspecified atom stereocenters. The smallest absolute Gasteiger partial charge is 0.158 e. The molecular weight excluding hydrogens is 352 g/mol. The van der Waals surface area contributed by atoms with E-state index in [2.05, 4.69) is 13.8 Å². The van der Waals surface area contributed by atoms with E-state index < -0.39 is 0 Å². The highest BCUT2D eigenvalue weighted by molar-refractivity contribution is 5.76. The highest BCUT2D eigenvalue weighted by atomic mass is 16.3. The van der Waals surface area contributed by atoms with Gasteiger partial charge in [-0.2, -0.15) is 0 Å². The molecule has 0 radical (unpaired) electrons. The molecule has 0 saturated carbocycles. The van der Waals surface area contributed by atoms with Crippen LogP contribution in [0.5, 0.6) is 23.0 Å². The molecule has 4 N–H and O–H groups in total. The average molecular weight is 387 g/mol. The number of hydrogen-bond donors (Lipinski definition) is 4. The summed E-state index contributed by atoms with van der Waals surface area (Å²) >= 11 is 0. The van der Waals surface area contributed by atoms with Crippen LogP contribution in [0.25, 0.3) is 11.1 Å². The molecule has 0 fully saturated rings. The molecule has 4 heteroatoms. The van der Waals surface area contributed by atoms with Crippen LogP contribution in [0.1, 0.15) is 76.3 Å². The van der Waals surface area contributed by atoms with Crippen LogP contribution in [0.15, 0.2) is 24.3 Å². The first kappa shape index (κ1) is 21.9. The van der Waals surface area contributed by atoms with Crippen molar-refractivity contribution in [2.45, 2.75) is 78.1 Å². The molecule has 0 aromatic heterocycles. The second-order valence-electron chi connectivity index (χ2n) is 7.62. The van der Waals surface area contributed by atoms with E-state index in [0.29, 0.717) is 0 Å². The number of rotatable bonds is 11. The van der Waals surface area contributed by atoms with Crippen LogP contribution in [-0.4, -0.2) is 20.4 Å². The molecular formula is C24H34O4. The summed E-state index contributed by atoms with van der Waals surface area (Å²) in [6.45, 7) is 4.34. The van der Waals surface area contributed by atoms with Gasteiger partial charge in [0.05, 0.1) is 0 Å². The predicted octanol–water partition coefficient (Wildman–Crippen LogP) is 6.42. The van der Waals surface area contributed by atoms with Gasteiger partial charge in [0.1, 0.15) is 0 Å². The van der Waals surface area contributed by atoms with Crippen molar-refractivity contribution < 1.29 is 20.4 Å². The topological polar surface area (TPSA) is 80.9 Å². The normalized spacial score (nSPS) is 11.1. The number of phenols is 4. The maximum Gasteiger partial charge on any atom is 0.158 e. The lowest BCUT2D eigenvalue weighted by molar-refractivity contribution is 0.402. The molecule has 0 aliphatic heterocycles. The van der Waals surface area contributed by atoms with Crippen molar-refractivity contribution in [2.24, 2.45) is 0 Å². The van der Waals surface area contributed by atoms with Gasteiger partial charge in [-0.3, -0.25) is 0 Å². The van der Waals surface area contributed by atoms with E-state index in [9.17, 15) is 20.4 Å². The molecule has 0 aliphatic rings. The average Bonchev–Trinajstić information content (AvgIpc) is 2.67. The Labute approximate surface area is 168 Å². The van der Waals surface area contributed by atoms with Gasteiger partial charge < -0.3 is 20.4 Å². The third kappa shape index (κ3) is 5.82. The van der Waals surface area contributed by atoms with Gasteiger partial charge >= 0.3 is 0 Å². The van der Waals surface area contributed by atoms with Gasteiger partial charge in [-0.05, 0) is 72.2 Å². The van der Waals surface area contributed by atoms with Crippen molar-refractivity contribution in [3.05, 3.63) is 35.4 Å². The third-order valence-electron chi connectivity index (χ3n) is 5.29. The minimum atomic E-state index is -0.170. The minimum Gasteiger partial charge on any atom is -0.504 e. The van der Waals surface area contributed by atoms with E-state index >= 15 is 0 Å². The zero-order valence-corrected chi connectivity index (χ0v) is 17.2. The fourth-order valence-corrected chi connectivity index (χ4v) is 3.64. The van der Waals surface area contributed by atoms with Crippen LogP contribution in [0, 0.1) is 0 Å². The van der Waals surface area contributed by atoms with Gasteiger partial charge in [-0.15, -0.1) is 0 Å². The van der Waals surface area contributed by atoms with E-state index in [1.807, 2.05) is 0 Å². The van der Waals surface area contributed by atoms with Crippen LogP contribution in [-0.2, 0) is 12.8 Å². The van der Waals surface area contributed by atoms with Crippen LogP contribution in [0.2, 0.25) is 0 Å². The molecule has 28 heavy (non-hydrogen) atoms. The lowest BCUT2D eigenvalue weighted by Gasteiger charge is -2.17. The maximum absolute atomic E-state index is 10.1. The quantitative estimate of drug-likeness (QED) is 0.265. The fourth-order valence-electron chi connectivity index (χ4n) is 3.64. The monoisotopic (exact) mass is 386 g/mol. The first-order chi connectivity index (χ1) is 13.5. The van der Waals surface area contributed by atoms with Gasteiger partial charge in [-0.25, -0.2) is 0 Å². The summed E-state index contributed by atoms with van der Waals surface area (Å²) in [6, 6.07) is 6.40. The lowest BCUT2D eigenvalue weighted by Crippen LogP contribution is -1.96. The van der Waals surface area contributed by atoms with Crippen molar-refractivity contribution >= 4 is 0 Å². The second-order valence-corrected chi connectivity index (χ2v) is 7.62. The Hall–Kier alpha value is -2.36. The first-order valence-corrected chi connectivity index (χ1v) is 10.6. The van der Waals surface area contributed by atoms with Crippen molar-refractivity contribution in [1.29, 1.82) is 0 Å². The Morgan fingerprint density at radius 2 is 0.857 bits per heavy atom. The molecule has 0 saturated heterocycles. The Balaban J connectivity index is 2.40. The molecule has 0 atom stereocenters. The molecule has 0 heterocycles. The summed E-state index contributed by atoms with van der Waals surface area (Å²) in [4.78, 5) is 0. The van der Waals surface area contributed by atoms with Gasteiger partial charge in [0.15, 0.2) is 23.0 Å². The van der Waals surface area contributed by atoms with Gasteiger partial charge in [-0.1, -0.05) is 52.4 Å². The number of aromatic hydroxyl groups is 4. The van der Waals surface area contributed by atoms with E-state index in [1.54, 1.807) is 24.3 Å². The summed E-state index contributed by atoms with van der Waals surface area (Å²) in [5.74, 6) is -0.586. The predicted molar refractivity (Wildman–Crippen MR) is 114 cm³/mol. The molecule has 2 aromatic rings. The Bertz CT molecular complexity index is 702. The van der Waals surface area contributed by atoms with E-state index in [1.165, 1.54) is 12.8 Å². The van der Waals surface area contributed by atoms with Gasteiger partial charge in [0, 0.05) is 0 Å². The molecule has 0 spiro atoms. The Morgan fingerprint density at radius 1 is 0.500 bits per heavy atom. The van der Waals surface area contributed by atoms with Crippen LogP contribution in [0.3, 0.4) is 0 Å². The number of benzene rings is 2. The van der Waals surface area contributed by atoms with Crippen molar-refractivity contribution in [3.63, 3.8) is 0 Å². The minimum absolute atomic E-state index is 0.123. The number of unbranched alkanes of at least 4 members (excludes halogenated alkanes) is 6.